The first-order valence-electron chi connectivity index (χ1n) is 7.44. The Morgan fingerprint density at radius 3 is 2.33 bits per heavy atom. The molecule has 0 aromatic heterocycles. The molecular formula is C15H24F2O4. The molecule has 1 unspecified atom stereocenters. The lowest BCUT2D eigenvalue weighted by Gasteiger charge is -2.29. The van der Waals surface area contributed by atoms with Crippen molar-refractivity contribution in [2.24, 2.45) is 5.92 Å². The molecule has 0 bridgehead atoms. The standard InChI is InChI=1S/C15H24F2O4/c1-4-11(2)13(19)21-15(7-5-6-8-15)9-12(18)20-10-14(3,16)17/h11H,4-10H2,1-3H3. The fourth-order valence-corrected chi connectivity index (χ4v) is 2.34. The largest absolute Gasteiger partial charge is 0.459 e. The Balaban J connectivity index is 2.60. The predicted octanol–water partition coefficient (Wildman–Crippen LogP) is 3.48. The SMILES string of the molecule is CCC(C)C(=O)OC1(CC(=O)OCC(C)(F)F)CCCC1. The van der Waals surface area contributed by atoms with Crippen molar-refractivity contribution in [1.82, 2.24) is 0 Å². The number of carbonyl (C=O) groups is 2. The molecule has 1 aliphatic carbocycles. The van der Waals surface area contributed by atoms with E-state index < -0.39 is 24.1 Å². The van der Waals surface area contributed by atoms with Crippen LogP contribution in [0.4, 0.5) is 8.78 Å². The quantitative estimate of drug-likeness (QED) is 0.676. The molecule has 1 fully saturated rings. The maximum absolute atomic E-state index is 12.7. The fraction of sp³-hybridized carbons (Fsp3) is 0.867. The minimum atomic E-state index is -3.05. The van der Waals surface area contributed by atoms with Gasteiger partial charge < -0.3 is 9.47 Å². The summed E-state index contributed by atoms with van der Waals surface area (Å²) >= 11 is 0. The molecule has 0 heterocycles. The van der Waals surface area contributed by atoms with Gasteiger partial charge in [-0.05, 0) is 32.1 Å². The van der Waals surface area contributed by atoms with E-state index >= 15 is 0 Å². The van der Waals surface area contributed by atoms with E-state index in [0.717, 1.165) is 12.8 Å². The van der Waals surface area contributed by atoms with Gasteiger partial charge in [-0.1, -0.05) is 13.8 Å². The first-order chi connectivity index (χ1) is 9.67. The van der Waals surface area contributed by atoms with Crippen LogP contribution in [0, 0.1) is 5.92 Å². The van der Waals surface area contributed by atoms with Gasteiger partial charge in [0.05, 0.1) is 12.3 Å². The molecule has 21 heavy (non-hydrogen) atoms. The summed E-state index contributed by atoms with van der Waals surface area (Å²) in [5.41, 5.74) is -0.874. The second-order valence-electron chi connectivity index (χ2n) is 6.03. The highest BCUT2D eigenvalue weighted by molar-refractivity contribution is 5.75. The molecule has 1 aliphatic rings. The molecule has 1 saturated carbocycles. The zero-order valence-electron chi connectivity index (χ0n) is 12.9. The Bertz CT molecular complexity index is 370. The summed E-state index contributed by atoms with van der Waals surface area (Å²) < 4.78 is 35.5. The lowest BCUT2D eigenvalue weighted by atomic mass is 9.97. The predicted molar refractivity (Wildman–Crippen MR) is 72.9 cm³/mol. The highest BCUT2D eigenvalue weighted by atomic mass is 19.3. The molecule has 0 saturated heterocycles. The van der Waals surface area contributed by atoms with Crippen LogP contribution < -0.4 is 0 Å². The molecule has 122 valence electrons. The molecule has 0 spiro atoms. The van der Waals surface area contributed by atoms with Gasteiger partial charge in [-0.3, -0.25) is 9.59 Å². The van der Waals surface area contributed by atoms with E-state index in [4.69, 9.17) is 4.74 Å². The Morgan fingerprint density at radius 2 is 1.86 bits per heavy atom. The summed E-state index contributed by atoms with van der Waals surface area (Å²) in [6.45, 7) is 3.39. The second kappa shape index (κ2) is 7.18. The van der Waals surface area contributed by atoms with Gasteiger partial charge in [-0.25, -0.2) is 8.78 Å². The average Bonchev–Trinajstić information content (AvgIpc) is 2.82. The van der Waals surface area contributed by atoms with Crippen LogP contribution in [0.15, 0.2) is 0 Å². The molecule has 1 rings (SSSR count). The van der Waals surface area contributed by atoms with E-state index in [-0.39, 0.29) is 18.3 Å². The highest BCUT2D eigenvalue weighted by Gasteiger charge is 2.41. The minimum absolute atomic E-state index is 0.148. The number of alkyl halides is 2. The van der Waals surface area contributed by atoms with Gasteiger partial charge in [0.1, 0.15) is 5.60 Å². The van der Waals surface area contributed by atoms with Crippen LogP contribution in [-0.4, -0.2) is 30.1 Å². The van der Waals surface area contributed by atoms with Gasteiger partial charge in [-0.15, -0.1) is 0 Å². The third kappa shape index (κ3) is 5.98. The van der Waals surface area contributed by atoms with Crippen molar-refractivity contribution in [1.29, 1.82) is 0 Å². The topological polar surface area (TPSA) is 52.6 Å². The Kier molecular flexibility index (Phi) is 6.10. The molecule has 6 heteroatoms. The van der Waals surface area contributed by atoms with E-state index in [1.807, 2.05) is 6.92 Å². The van der Waals surface area contributed by atoms with Crippen molar-refractivity contribution in [3.05, 3.63) is 0 Å². The first-order valence-corrected chi connectivity index (χ1v) is 7.44. The monoisotopic (exact) mass is 306 g/mol. The summed E-state index contributed by atoms with van der Waals surface area (Å²) in [6.07, 6.45) is 3.36. The summed E-state index contributed by atoms with van der Waals surface area (Å²) in [5.74, 6) is -4.37. The molecule has 0 aromatic rings. The van der Waals surface area contributed by atoms with Gasteiger partial charge in [0.2, 0.25) is 0 Å². The van der Waals surface area contributed by atoms with E-state index in [9.17, 15) is 18.4 Å². The molecular weight excluding hydrogens is 282 g/mol. The lowest BCUT2D eigenvalue weighted by molar-refractivity contribution is -0.172. The van der Waals surface area contributed by atoms with Crippen LogP contribution in [0.25, 0.3) is 0 Å². The summed E-state index contributed by atoms with van der Waals surface area (Å²) in [5, 5.41) is 0. The van der Waals surface area contributed by atoms with Crippen LogP contribution >= 0.6 is 0 Å². The Labute approximate surface area is 124 Å². The summed E-state index contributed by atoms with van der Waals surface area (Å²) in [4.78, 5) is 23.7. The molecule has 0 N–H and O–H groups in total. The van der Waals surface area contributed by atoms with Gasteiger partial charge in [0.15, 0.2) is 6.61 Å². The molecule has 1 atom stereocenters. The Morgan fingerprint density at radius 1 is 1.29 bits per heavy atom. The molecule has 0 aliphatic heterocycles. The lowest BCUT2D eigenvalue weighted by Crippen LogP contribution is -2.37. The molecule has 0 aromatic carbocycles. The number of carbonyl (C=O) groups excluding carboxylic acids is 2. The van der Waals surface area contributed by atoms with Crippen LogP contribution in [0.1, 0.15) is 59.3 Å². The number of hydrogen-bond acceptors (Lipinski definition) is 4. The van der Waals surface area contributed by atoms with Crippen LogP contribution in [0.2, 0.25) is 0 Å². The number of hydrogen-bond donors (Lipinski definition) is 0. The van der Waals surface area contributed by atoms with Crippen molar-refractivity contribution in [3.63, 3.8) is 0 Å². The molecule has 4 nitrogen and oxygen atoms in total. The second-order valence-corrected chi connectivity index (χ2v) is 6.03. The zero-order chi connectivity index (χ0) is 16.1. The maximum atomic E-state index is 12.7. The Hall–Kier alpha value is -1.20. The van der Waals surface area contributed by atoms with E-state index in [2.05, 4.69) is 4.74 Å². The van der Waals surface area contributed by atoms with E-state index in [1.165, 1.54) is 0 Å². The summed E-state index contributed by atoms with van der Waals surface area (Å²) in [6, 6.07) is 0. The first kappa shape index (κ1) is 17.9. The van der Waals surface area contributed by atoms with Gasteiger partial charge in [-0.2, -0.15) is 0 Å². The third-order valence-corrected chi connectivity index (χ3v) is 3.80. The summed E-state index contributed by atoms with van der Waals surface area (Å²) in [7, 11) is 0. The highest BCUT2D eigenvalue weighted by Crippen LogP contribution is 2.37. The van der Waals surface area contributed by atoms with Gasteiger partial charge in [0, 0.05) is 6.92 Å². The van der Waals surface area contributed by atoms with Crippen molar-refractivity contribution in [3.8, 4) is 0 Å². The smallest absolute Gasteiger partial charge is 0.310 e. The van der Waals surface area contributed by atoms with E-state index in [0.29, 0.717) is 26.2 Å². The van der Waals surface area contributed by atoms with Crippen molar-refractivity contribution in [2.45, 2.75) is 70.8 Å². The van der Waals surface area contributed by atoms with Crippen molar-refractivity contribution < 1.29 is 27.8 Å². The van der Waals surface area contributed by atoms with Crippen LogP contribution in [0.3, 0.4) is 0 Å². The number of ether oxygens (including phenoxy) is 2. The number of rotatable bonds is 7. The van der Waals surface area contributed by atoms with Crippen LogP contribution in [0.5, 0.6) is 0 Å². The molecule has 0 amide bonds. The zero-order valence-corrected chi connectivity index (χ0v) is 12.9. The third-order valence-electron chi connectivity index (χ3n) is 3.80. The number of esters is 2. The van der Waals surface area contributed by atoms with Gasteiger partial charge in [0.25, 0.3) is 5.92 Å². The van der Waals surface area contributed by atoms with Crippen LogP contribution in [-0.2, 0) is 19.1 Å². The number of halogens is 2. The van der Waals surface area contributed by atoms with Crippen molar-refractivity contribution >= 4 is 11.9 Å². The minimum Gasteiger partial charge on any atom is -0.459 e. The molecule has 0 radical (unpaired) electrons. The average molecular weight is 306 g/mol. The van der Waals surface area contributed by atoms with E-state index in [1.54, 1.807) is 6.92 Å². The normalized spacial score (nSPS) is 19.1. The fourth-order valence-electron chi connectivity index (χ4n) is 2.34. The maximum Gasteiger partial charge on any atom is 0.310 e. The van der Waals surface area contributed by atoms with Crippen molar-refractivity contribution in [2.75, 3.05) is 6.61 Å². The van der Waals surface area contributed by atoms with Gasteiger partial charge >= 0.3 is 11.9 Å².